The van der Waals surface area contributed by atoms with E-state index in [1.807, 2.05) is 25.7 Å². The standard InChI is InChI=1S/C38H39Cl2F2N3O5/c1-37(2,3)19-30-38(20-43,26-11-8-22(39)17-28(26)41)32(25-6-5-7-27(40)33(25)42)34-35(46)44(23-9-10-24(36(47)48)29(18-23)49-4)31(45(30)34)16-21-12-14-50-15-13-21/h5-11,17-18,21,30-32,34H,12-16,19H2,1-4H3,(H,47,48). The number of ether oxygens (including phenoxy) is 2. The van der Waals surface area contributed by atoms with E-state index in [-0.39, 0.29) is 38.4 Å². The summed E-state index contributed by atoms with van der Waals surface area (Å²) in [5.74, 6) is -4.14. The molecule has 50 heavy (non-hydrogen) atoms. The molecule has 0 spiro atoms. The molecular weight excluding hydrogens is 687 g/mol. The van der Waals surface area contributed by atoms with Gasteiger partial charge >= 0.3 is 5.97 Å². The normalized spacial score (nSPS) is 25.8. The van der Waals surface area contributed by atoms with E-state index in [4.69, 9.17) is 32.7 Å². The largest absolute Gasteiger partial charge is 0.496 e. The summed E-state index contributed by atoms with van der Waals surface area (Å²) in [6.07, 6.45) is 1.63. The SMILES string of the molecule is COc1cc(N2C(=O)C3C(c4cccc(Cl)c4F)C(C#N)(c4ccc(Cl)cc4F)C(CC(C)(C)C)N3C2CC2CCOCC2)ccc1C(=O)O. The van der Waals surface area contributed by atoms with E-state index >= 15 is 13.6 Å². The van der Waals surface area contributed by atoms with E-state index in [1.54, 1.807) is 17.0 Å². The molecule has 1 amide bonds. The first kappa shape index (κ1) is 36.1. The minimum atomic E-state index is -1.77. The van der Waals surface area contributed by atoms with Gasteiger partial charge in [-0.15, -0.1) is 0 Å². The van der Waals surface area contributed by atoms with Gasteiger partial charge in [0.15, 0.2) is 0 Å². The molecule has 12 heteroatoms. The molecule has 3 saturated heterocycles. The molecule has 6 rings (SSSR count). The fourth-order valence-corrected chi connectivity index (χ4v) is 8.70. The summed E-state index contributed by atoms with van der Waals surface area (Å²) in [6.45, 7) is 7.13. The second kappa shape index (κ2) is 13.8. The van der Waals surface area contributed by atoms with Crippen molar-refractivity contribution in [3.63, 3.8) is 0 Å². The van der Waals surface area contributed by atoms with Gasteiger partial charge in [0.25, 0.3) is 0 Å². The lowest BCUT2D eigenvalue weighted by Gasteiger charge is -2.43. The van der Waals surface area contributed by atoms with E-state index in [0.29, 0.717) is 31.7 Å². The fourth-order valence-electron chi connectivity index (χ4n) is 8.36. The molecule has 8 nitrogen and oxygen atoms in total. The lowest BCUT2D eigenvalue weighted by atomic mass is 9.62. The van der Waals surface area contributed by atoms with Gasteiger partial charge in [0.1, 0.15) is 34.4 Å². The summed E-state index contributed by atoms with van der Waals surface area (Å²) in [5.41, 5.74) is -1.83. The molecule has 0 aliphatic carbocycles. The Bertz CT molecular complexity index is 1860. The van der Waals surface area contributed by atoms with E-state index < -0.39 is 58.5 Å². The number of hydrogen-bond acceptors (Lipinski definition) is 6. The molecule has 3 heterocycles. The molecule has 0 aromatic heterocycles. The number of nitriles is 1. The van der Waals surface area contributed by atoms with Gasteiger partial charge in [0.05, 0.1) is 24.4 Å². The number of carboxylic acid groups (broad SMARTS) is 1. The quantitative estimate of drug-likeness (QED) is 0.250. The molecule has 0 saturated carbocycles. The minimum Gasteiger partial charge on any atom is -0.496 e. The van der Waals surface area contributed by atoms with Crippen molar-refractivity contribution in [2.45, 2.75) is 76.0 Å². The van der Waals surface area contributed by atoms with Crippen molar-refractivity contribution < 1.29 is 33.0 Å². The third-order valence-electron chi connectivity index (χ3n) is 10.4. The van der Waals surface area contributed by atoms with Crippen molar-refractivity contribution in [2.75, 3.05) is 25.2 Å². The van der Waals surface area contributed by atoms with E-state index in [2.05, 4.69) is 6.07 Å². The molecule has 0 radical (unpaired) electrons. The predicted octanol–water partition coefficient (Wildman–Crippen LogP) is 8.20. The fraction of sp³-hybridized carbons (Fsp3) is 0.447. The van der Waals surface area contributed by atoms with Crippen LogP contribution in [0.4, 0.5) is 14.5 Å². The topological polar surface area (TPSA) is 103 Å². The Morgan fingerprint density at radius 3 is 2.46 bits per heavy atom. The highest BCUT2D eigenvalue weighted by Gasteiger charge is 2.70. The number of carbonyl (C=O) groups excluding carboxylic acids is 1. The molecule has 3 fully saturated rings. The van der Waals surface area contributed by atoms with Crippen LogP contribution in [0.3, 0.4) is 0 Å². The predicted molar refractivity (Wildman–Crippen MR) is 186 cm³/mol. The van der Waals surface area contributed by atoms with Crippen molar-refractivity contribution in [2.24, 2.45) is 11.3 Å². The molecule has 5 atom stereocenters. The number of carbonyl (C=O) groups is 2. The van der Waals surface area contributed by atoms with Crippen LogP contribution in [-0.2, 0) is 14.9 Å². The van der Waals surface area contributed by atoms with E-state index in [9.17, 15) is 15.2 Å². The number of carboxylic acids is 1. The highest BCUT2D eigenvalue weighted by Crippen LogP contribution is 2.60. The van der Waals surface area contributed by atoms with Gasteiger partial charge in [-0.3, -0.25) is 14.6 Å². The summed E-state index contributed by atoms with van der Waals surface area (Å²) in [6, 6.07) is 13.6. The molecule has 3 aliphatic rings. The van der Waals surface area contributed by atoms with Gasteiger partial charge < -0.3 is 14.6 Å². The van der Waals surface area contributed by atoms with Crippen LogP contribution in [0.15, 0.2) is 54.6 Å². The van der Waals surface area contributed by atoms with Crippen LogP contribution in [0.2, 0.25) is 10.0 Å². The van der Waals surface area contributed by atoms with Crippen LogP contribution in [0, 0.1) is 34.3 Å². The van der Waals surface area contributed by atoms with Crippen molar-refractivity contribution >= 4 is 40.8 Å². The number of benzene rings is 3. The second-order valence-electron chi connectivity index (χ2n) is 14.6. The highest BCUT2D eigenvalue weighted by atomic mass is 35.5. The second-order valence-corrected chi connectivity index (χ2v) is 15.4. The van der Waals surface area contributed by atoms with Gasteiger partial charge in [-0.05, 0) is 72.9 Å². The molecule has 3 aromatic rings. The molecule has 3 aliphatic heterocycles. The van der Waals surface area contributed by atoms with Crippen LogP contribution in [0.25, 0.3) is 0 Å². The number of methoxy groups -OCH3 is 1. The average Bonchev–Trinajstić information content (AvgIpc) is 3.50. The number of rotatable bonds is 8. The maximum atomic E-state index is 16.4. The minimum absolute atomic E-state index is 0.0223. The number of fused-ring (bicyclic) bond motifs is 1. The smallest absolute Gasteiger partial charge is 0.339 e. The van der Waals surface area contributed by atoms with Gasteiger partial charge in [0, 0.05) is 47.5 Å². The van der Waals surface area contributed by atoms with Gasteiger partial charge in [0.2, 0.25) is 5.91 Å². The first-order chi connectivity index (χ1) is 23.7. The zero-order chi connectivity index (χ0) is 36.1. The number of halogens is 4. The Labute approximate surface area is 300 Å². The van der Waals surface area contributed by atoms with E-state index in [1.165, 1.54) is 43.5 Å². The molecule has 0 bridgehead atoms. The van der Waals surface area contributed by atoms with E-state index in [0.717, 1.165) is 18.9 Å². The maximum absolute atomic E-state index is 16.4. The van der Waals surface area contributed by atoms with Crippen molar-refractivity contribution in [1.29, 1.82) is 5.26 Å². The monoisotopic (exact) mass is 725 g/mol. The van der Waals surface area contributed by atoms with Crippen molar-refractivity contribution in [3.8, 4) is 11.8 Å². The first-order valence-electron chi connectivity index (χ1n) is 16.6. The lowest BCUT2D eigenvalue weighted by molar-refractivity contribution is -0.119. The molecule has 1 N–H and O–H groups in total. The van der Waals surface area contributed by atoms with Crippen molar-refractivity contribution in [3.05, 3.63) is 93.0 Å². The Kier molecular flexibility index (Phi) is 9.92. The zero-order valence-corrected chi connectivity index (χ0v) is 29.8. The third-order valence-corrected chi connectivity index (χ3v) is 10.9. The van der Waals surface area contributed by atoms with Crippen LogP contribution in [-0.4, -0.2) is 60.5 Å². The number of hydrogen-bond donors (Lipinski definition) is 1. The Balaban J connectivity index is 1.66. The summed E-state index contributed by atoms with van der Waals surface area (Å²) < 4.78 is 43.8. The van der Waals surface area contributed by atoms with Crippen LogP contribution < -0.4 is 9.64 Å². The van der Waals surface area contributed by atoms with Gasteiger partial charge in [-0.2, -0.15) is 5.26 Å². The van der Waals surface area contributed by atoms with Crippen LogP contribution in [0.1, 0.15) is 73.9 Å². The maximum Gasteiger partial charge on any atom is 0.339 e. The number of amides is 1. The highest BCUT2D eigenvalue weighted by molar-refractivity contribution is 6.31. The molecule has 5 unspecified atom stereocenters. The third kappa shape index (κ3) is 6.12. The average molecular weight is 727 g/mol. The summed E-state index contributed by atoms with van der Waals surface area (Å²) in [4.78, 5) is 30.9. The van der Waals surface area contributed by atoms with Crippen molar-refractivity contribution in [1.82, 2.24) is 4.90 Å². The molecular formula is C38H39Cl2F2N3O5. The first-order valence-corrected chi connectivity index (χ1v) is 17.4. The summed E-state index contributed by atoms with van der Waals surface area (Å²) in [7, 11) is 1.36. The number of nitrogens with zero attached hydrogens (tertiary/aromatic N) is 3. The van der Waals surface area contributed by atoms with Crippen LogP contribution in [0.5, 0.6) is 5.75 Å². The number of aromatic carboxylic acids is 1. The Morgan fingerprint density at radius 1 is 1.12 bits per heavy atom. The number of anilines is 1. The lowest BCUT2D eigenvalue weighted by Crippen LogP contribution is -2.52. The van der Waals surface area contributed by atoms with Gasteiger partial charge in [-0.25, -0.2) is 13.6 Å². The zero-order valence-electron chi connectivity index (χ0n) is 28.3. The van der Waals surface area contributed by atoms with Gasteiger partial charge in [-0.1, -0.05) is 62.2 Å². The molecule has 264 valence electrons. The Morgan fingerprint density at radius 2 is 1.84 bits per heavy atom. The van der Waals surface area contributed by atoms with Crippen LogP contribution >= 0.6 is 23.2 Å². The Hall–Kier alpha value is -3.75. The molecule has 3 aromatic carbocycles. The summed E-state index contributed by atoms with van der Waals surface area (Å²) >= 11 is 12.6. The summed E-state index contributed by atoms with van der Waals surface area (Å²) in [5, 5.41) is 21.2.